The number of ether oxygens (including phenoxy) is 1. The summed E-state index contributed by atoms with van der Waals surface area (Å²) in [4.78, 5) is 0. The van der Waals surface area contributed by atoms with Crippen LogP contribution in [0.2, 0.25) is 0 Å². The van der Waals surface area contributed by atoms with Gasteiger partial charge in [-0.25, -0.2) is 0 Å². The van der Waals surface area contributed by atoms with Crippen LogP contribution < -0.4 is 10.5 Å². The van der Waals surface area contributed by atoms with Gasteiger partial charge in [-0.1, -0.05) is 22.0 Å². The van der Waals surface area contributed by atoms with E-state index in [1.165, 1.54) is 0 Å². The molecule has 0 amide bonds. The predicted octanol–water partition coefficient (Wildman–Crippen LogP) is 2.31. The van der Waals surface area contributed by atoms with Gasteiger partial charge in [0.15, 0.2) is 0 Å². The average molecular weight is 230 g/mol. The molecule has 0 aliphatic rings. The van der Waals surface area contributed by atoms with E-state index in [0.29, 0.717) is 13.2 Å². The fourth-order valence-corrected chi connectivity index (χ4v) is 1.33. The molecular weight excluding hydrogens is 218 g/mol. The molecule has 0 radical (unpaired) electrons. The second-order valence-electron chi connectivity index (χ2n) is 2.39. The highest BCUT2D eigenvalue weighted by atomic mass is 79.9. The first-order valence-corrected chi connectivity index (χ1v) is 4.68. The van der Waals surface area contributed by atoms with Gasteiger partial charge in [0.05, 0.1) is 6.61 Å². The molecule has 1 aromatic carbocycles. The molecular formula is C9H12BrNO. The monoisotopic (exact) mass is 229 g/mol. The minimum atomic E-state index is 0.516. The van der Waals surface area contributed by atoms with Gasteiger partial charge in [0, 0.05) is 16.6 Å². The van der Waals surface area contributed by atoms with Crippen LogP contribution in [0.1, 0.15) is 12.5 Å². The van der Waals surface area contributed by atoms with E-state index in [2.05, 4.69) is 15.9 Å². The molecule has 1 rings (SSSR count). The van der Waals surface area contributed by atoms with Crippen LogP contribution in [-0.2, 0) is 6.54 Å². The second-order valence-corrected chi connectivity index (χ2v) is 3.30. The van der Waals surface area contributed by atoms with Crippen LogP contribution in [0.5, 0.6) is 5.75 Å². The molecule has 0 unspecified atom stereocenters. The van der Waals surface area contributed by atoms with Crippen molar-refractivity contribution < 1.29 is 4.74 Å². The lowest BCUT2D eigenvalue weighted by Gasteiger charge is -2.08. The zero-order valence-electron chi connectivity index (χ0n) is 7.01. The summed E-state index contributed by atoms with van der Waals surface area (Å²) in [5, 5.41) is 0. The van der Waals surface area contributed by atoms with E-state index in [-0.39, 0.29) is 0 Å². The normalized spacial score (nSPS) is 9.92. The third-order valence-corrected chi connectivity index (χ3v) is 2.04. The Morgan fingerprint density at radius 3 is 2.83 bits per heavy atom. The summed E-state index contributed by atoms with van der Waals surface area (Å²) >= 11 is 3.37. The standard InChI is InChI=1S/C9H12BrNO/c1-2-12-9-5-8(10)4-3-7(9)6-11/h3-5H,2,6,11H2,1H3. The summed E-state index contributed by atoms with van der Waals surface area (Å²) in [6.45, 7) is 3.15. The van der Waals surface area contributed by atoms with E-state index < -0.39 is 0 Å². The van der Waals surface area contributed by atoms with Gasteiger partial charge in [-0.05, 0) is 19.1 Å². The maximum atomic E-state index is 5.54. The van der Waals surface area contributed by atoms with Crippen molar-refractivity contribution in [3.8, 4) is 5.75 Å². The summed E-state index contributed by atoms with van der Waals surface area (Å²) in [5.41, 5.74) is 6.58. The van der Waals surface area contributed by atoms with E-state index in [0.717, 1.165) is 15.8 Å². The summed E-state index contributed by atoms with van der Waals surface area (Å²) in [7, 11) is 0. The van der Waals surface area contributed by atoms with Crippen molar-refractivity contribution >= 4 is 15.9 Å². The molecule has 0 spiro atoms. The Balaban J connectivity index is 2.95. The third-order valence-electron chi connectivity index (χ3n) is 1.55. The van der Waals surface area contributed by atoms with Crippen molar-refractivity contribution in [3.05, 3.63) is 28.2 Å². The van der Waals surface area contributed by atoms with E-state index in [1.54, 1.807) is 0 Å². The van der Waals surface area contributed by atoms with Crippen molar-refractivity contribution in [2.75, 3.05) is 6.61 Å². The van der Waals surface area contributed by atoms with Gasteiger partial charge >= 0.3 is 0 Å². The van der Waals surface area contributed by atoms with Crippen LogP contribution in [0, 0.1) is 0 Å². The van der Waals surface area contributed by atoms with Gasteiger partial charge in [0.1, 0.15) is 5.75 Å². The van der Waals surface area contributed by atoms with Gasteiger partial charge in [-0.3, -0.25) is 0 Å². The van der Waals surface area contributed by atoms with Crippen molar-refractivity contribution in [3.63, 3.8) is 0 Å². The quantitative estimate of drug-likeness (QED) is 0.864. The van der Waals surface area contributed by atoms with Crippen LogP contribution in [0.25, 0.3) is 0 Å². The molecule has 0 saturated heterocycles. The zero-order valence-corrected chi connectivity index (χ0v) is 8.60. The Morgan fingerprint density at radius 1 is 1.50 bits per heavy atom. The molecule has 1 aromatic rings. The van der Waals surface area contributed by atoms with Crippen molar-refractivity contribution in [2.45, 2.75) is 13.5 Å². The molecule has 0 saturated carbocycles. The summed E-state index contributed by atoms with van der Waals surface area (Å²) in [6, 6.07) is 5.87. The van der Waals surface area contributed by atoms with E-state index in [9.17, 15) is 0 Å². The number of hydrogen-bond acceptors (Lipinski definition) is 2. The molecule has 0 fully saturated rings. The fraction of sp³-hybridized carbons (Fsp3) is 0.333. The smallest absolute Gasteiger partial charge is 0.124 e. The fourth-order valence-electron chi connectivity index (χ4n) is 0.987. The first-order chi connectivity index (χ1) is 5.77. The lowest BCUT2D eigenvalue weighted by molar-refractivity contribution is 0.336. The van der Waals surface area contributed by atoms with Gasteiger partial charge in [-0.15, -0.1) is 0 Å². The van der Waals surface area contributed by atoms with E-state index >= 15 is 0 Å². The van der Waals surface area contributed by atoms with Crippen molar-refractivity contribution in [1.29, 1.82) is 0 Å². The zero-order chi connectivity index (χ0) is 8.97. The van der Waals surface area contributed by atoms with E-state index in [1.807, 2.05) is 25.1 Å². The molecule has 2 nitrogen and oxygen atoms in total. The van der Waals surface area contributed by atoms with Crippen LogP contribution in [-0.4, -0.2) is 6.61 Å². The van der Waals surface area contributed by atoms with Crippen molar-refractivity contribution in [2.24, 2.45) is 5.73 Å². The van der Waals surface area contributed by atoms with Crippen molar-refractivity contribution in [1.82, 2.24) is 0 Å². The van der Waals surface area contributed by atoms with Crippen LogP contribution in [0.15, 0.2) is 22.7 Å². The van der Waals surface area contributed by atoms with Gasteiger partial charge in [0.2, 0.25) is 0 Å². The number of rotatable bonds is 3. The van der Waals surface area contributed by atoms with Crippen LogP contribution in [0.4, 0.5) is 0 Å². The van der Waals surface area contributed by atoms with Crippen LogP contribution >= 0.6 is 15.9 Å². The lowest BCUT2D eigenvalue weighted by Crippen LogP contribution is -2.01. The third kappa shape index (κ3) is 2.22. The Kier molecular flexibility index (Phi) is 3.56. The van der Waals surface area contributed by atoms with Gasteiger partial charge < -0.3 is 10.5 Å². The Hall–Kier alpha value is -0.540. The predicted molar refractivity (Wildman–Crippen MR) is 53.2 cm³/mol. The molecule has 0 aromatic heterocycles. The molecule has 0 heterocycles. The second kappa shape index (κ2) is 4.48. The van der Waals surface area contributed by atoms with Gasteiger partial charge in [0.25, 0.3) is 0 Å². The number of hydrogen-bond donors (Lipinski definition) is 1. The lowest BCUT2D eigenvalue weighted by atomic mass is 10.2. The average Bonchev–Trinajstić information content (AvgIpc) is 2.05. The maximum Gasteiger partial charge on any atom is 0.124 e. The minimum absolute atomic E-state index is 0.516. The molecule has 0 atom stereocenters. The maximum absolute atomic E-state index is 5.54. The molecule has 0 aliphatic heterocycles. The van der Waals surface area contributed by atoms with Gasteiger partial charge in [-0.2, -0.15) is 0 Å². The highest BCUT2D eigenvalue weighted by molar-refractivity contribution is 9.10. The summed E-state index contributed by atoms with van der Waals surface area (Å²) in [6.07, 6.45) is 0. The molecule has 12 heavy (non-hydrogen) atoms. The summed E-state index contributed by atoms with van der Waals surface area (Å²) < 4.78 is 6.42. The highest BCUT2D eigenvalue weighted by Gasteiger charge is 2.01. The number of benzene rings is 1. The minimum Gasteiger partial charge on any atom is -0.494 e. The molecule has 66 valence electrons. The molecule has 0 aliphatic carbocycles. The molecule has 0 bridgehead atoms. The number of halogens is 1. The molecule has 2 N–H and O–H groups in total. The van der Waals surface area contributed by atoms with Crippen LogP contribution in [0.3, 0.4) is 0 Å². The highest BCUT2D eigenvalue weighted by Crippen LogP contribution is 2.23. The SMILES string of the molecule is CCOc1cc(Br)ccc1CN. The Bertz CT molecular complexity index is 263. The number of nitrogens with two attached hydrogens (primary N) is 1. The first kappa shape index (κ1) is 9.55. The van der Waals surface area contributed by atoms with E-state index in [4.69, 9.17) is 10.5 Å². The summed E-state index contributed by atoms with van der Waals surface area (Å²) in [5.74, 6) is 0.870. The molecule has 3 heteroatoms. The Morgan fingerprint density at radius 2 is 2.25 bits per heavy atom. The topological polar surface area (TPSA) is 35.2 Å². The Labute approximate surface area is 80.8 Å². The largest absolute Gasteiger partial charge is 0.494 e. The first-order valence-electron chi connectivity index (χ1n) is 3.89.